The Morgan fingerprint density at radius 1 is 1.06 bits per heavy atom. The number of nitrogens with zero attached hydrogens (tertiary/aromatic N) is 4. The first kappa shape index (κ1) is 22.7. The van der Waals surface area contributed by atoms with Gasteiger partial charge < -0.3 is 20.1 Å². The van der Waals surface area contributed by atoms with Crippen LogP contribution in [-0.2, 0) is 0 Å². The molecule has 3 aromatic rings. The minimum absolute atomic E-state index is 0.0932. The maximum absolute atomic E-state index is 13.5. The van der Waals surface area contributed by atoms with Gasteiger partial charge in [0.1, 0.15) is 11.3 Å². The molecule has 2 aliphatic rings. The number of likely N-dealkylation sites (tertiary alicyclic amines) is 1. The number of amides is 2. The highest BCUT2D eigenvalue weighted by atomic mass is 35.5. The maximum Gasteiger partial charge on any atom is 0.270 e. The number of hydrogen-bond acceptors (Lipinski definition) is 5. The zero-order valence-electron chi connectivity index (χ0n) is 19.3. The fraction of sp³-hybridized carbons (Fsp3) is 0.440. The van der Waals surface area contributed by atoms with E-state index in [1.54, 1.807) is 31.4 Å². The van der Waals surface area contributed by atoms with E-state index in [1.165, 1.54) is 6.42 Å². The number of hydrogen-bond donors (Lipinski definition) is 2. The molecule has 8 nitrogen and oxygen atoms in total. The van der Waals surface area contributed by atoms with Gasteiger partial charge in [-0.2, -0.15) is 4.98 Å². The molecule has 34 heavy (non-hydrogen) atoms. The van der Waals surface area contributed by atoms with Gasteiger partial charge in [-0.05, 0) is 56.4 Å². The van der Waals surface area contributed by atoms with Crippen LogP contribution in [0.25, 0.3) is 11.0 Å². The Morgan fingerprint density at radius 3 is 2.53 bits per heavy atom. The van der Waals surface area contributed by atoms with Crippen molar-refractivity contribution in [2.24, 2.45) is 0 Å². The van der Waals surface area contributed by atoms with E-state index in [0.29, 0.717) is 27.9 Å². The quantitative estimate of drug-likeness (QED) is 0.540. The lowest BCUT2D eigenvalue weighted by Crippen LogP contribution is -2.37. The molecule has 1 aliphatic carbocycles. The van der Waals surface area contributed by atoms with E-state index < -0.39 is 0 Å². The summed E-state index contributed by atoms with van der Waals surface area (Å²) in [7, 11) is 1.57. The second-order valence-electron chi connectivity index (χ2n) is 9.06. The molecule has 0 spiro atoms. The summed E-state index contributed by atoms with van der Waals surface area (Å²) in [4.78, 5) is 36.6. The first-order chi connectivity index (χ1) is 16.5. The molecule has 0 radical (unpaired) electrons. The van der Waals surface area contributed by atoms with Crippen molar-refractivity contribution in [2.75, 3.05) is 25.5 Å². The summed E-state index contributed by atoms with van der Waals surface area (Å²) >= 11 is 6.30. The van der Waals surface area contributed by atoms with Gasteiger partial charge in [0.25, 0.3) is 11.8 Å². The molecule has 9 heteroatoms. The summed E-state index contributed by atoms with van der Waals surface area (Å²) in [6.45, 7) is 1.63. The topological polar surface area (TPSA) is 92.1 Å². The molecule has 0 unspecified atom stereocenters. The Hall–Kier alpha value is -3.13. The molecule has 0 atom stereocenters. The normalized spacial score (nSPS) is 16.7. The van der Waals surface area contributed by atoms with Gasteiger partial charge in [-0.25, -0.2) is 4.98 Å². The molecule has 2 aromatic heterocycles. The first-order valence-corrected chi connectivity index (χ1v) is 12.4. The molecule has 1 aromatic carbocycles. The van der Waals surface area contributed by atoms with Crippen LogP contribution in [-0.4, -0.2) is 51.4 Å². The van der Waals surface area contributed by atoms with Gasteiger partial charge in [-0.15, -0.1) is 0 Å². The monoisotopic (exact) mass is 480 g/mol. The van der Waals surface area contributed by atoms with E-state index >= 15 is 0 Å². The van der Waals surface area contributed by atoms with Crippen LogP contribution in [0.2, 0.25) is 5.02 Å². The minimum atomic E-state index is -0.241. The van der Waals surface area contributed by atoms with E-state index in [9.17, 15) is 9.59 Å². The number of benzene rings is 1. The number of halogens is 1. The van der Waals surface area contributed by atoms with Crippen LogP contribution < -0.4 is 10.6 Å². The van der Waals surface area contributed by atoms with E-state index in [0.717, 1.165) is 62.6 Å². The fourth-order valence-corrected chi connectivity index (χ4v) is 5.33. The summed E-state index contributed by atoms with van der Waals surface area (Å²) in [5.41, 5.74) is 2.58. The Balaban J connectivity index is 1.49. The van der Waals surface area contributed by atoms with Crippen molar-refractivity contribution >= 4 is 46.1 Å². The smallest absolute Gasteiger partial charge is 0.270 e. The molecule has 1 saturated carbocycles. The van der Waals surface area contributed by atoms with Crippen LogP contribution in [0.5, 0.6) is 0 Å². The Labute approximate surface area is 203 Å². The van der Waals surface area contributed by atoms with E-state index in [4.69, 9.17) is 16.6 Å². The predicted molar refractivity (Wildman–Crippen MR) is 133 cm³/mol. The van der Waals surface area contributed by atoms with Crippen LogP contribution in [0, 0.1) is 0 Å². The second-order valence-corrected chi connectivity index (χ2v) is 9.47. The highest BCUT2D eigenvalue weighted by Gasteiger charge is 2.28. The number of aromatic nitrogens is 3. The summed E-state index contributed by atoms with van der Waals surface area (Å²) in [6.07, 6.45) is 9.49. The van der Waals surface area contributed by atoms with Crippen molar-refractivity contribution in [3.63, 3.8) is 0 Å². The molecule has 5 rings (SSSR count). The average molecular weight is 481 g/mol. The van der Waals surface area contributed by atoms with Crippen LogP contribution >= 0.6 is 11.6 Å². The number of nitrogens with one attached hydrogen (secondary N) is 2. The maximum atomic E-state index is 13.5. The zero-order chi connectivity index (χ0) is 23.7. The molecule has 178 valence electrons. The third kappa shape index (κ3) is 4.34. The lowest BCUT2D eigenvalue weighted by molar-refractivity contribution is 0.0711. The van der Waals surface area contributed by atoms with Crippen molar-refractivity contribution in [2.45, 2.75) is 51.0 Å². The van der Waals surface area contributed by atoms with Gasteiger partial charge in [0.2, 0.25) is 5.95 Å². The largest absolute Gasteiger partial charge is 0.355 e. The van der Waals surface area contributed by atoms with E-state index in [2.05, 4.69) is 20.2 Å². The van der Waals surface area contributed by atoms with Crippen molar-refractivity contribution in [3.05, 3.63) is 46.7 Å². The Morgan fingerprint density at radius 2 is 1.82 bits per heavy atom. The third-order valence-corrected chi connectivity index (χ3v) is 7.14. The Kier molecular flexibility index (Phi) is 6.41. The molecule has 3 heterocycles. The standard InChI is InChI=1S/C25H29ClN6O2/c1-27-23(33)19-10-9-17(14-20(19)26)29-25-28-15-16-13-21(24(34)31-11-5-2-6-12-31)32(22(16)30-25)18-7-3-4-8-18/h9-10,13-15,18H,2-8,11-12H2,1H3,(H,27,33)(H,28,29,30). The van der Waals surface area contributed by atoms with Gasteiger partial charge in [0.05, 0.1) is 10.6 Å². The number of carbonyl (C=O) groups is 2. The van der Waals surface area contributed by atoms with Crippen LogP contribution in [0.3, 0.4) is 0 Å². The number of fused-ring (bicyclic) bond motifs is 1. The number of rotatable bonds is 5. The van der Waals surface area contributed by atoms with Gasteiger partial charge in [-0.1, -0.05) is 24.4 Å². The predicted octanol–water partition coefficient (Wildman–Crippen LogP) is 4.93. The zero-order valence-corrected chi connectivity index (χ0v) is 20.1. The number of anilines is 2. The van der Waals surface area contributed by atoms with Crippen LogP contribution in [0.1, 0.15) is 71.8 Å². The molecule has 1 saturated heterocycles. The minimum Gasteiger partial charge on any atom is -0.355 e. The Bertz CT molecular complexity index is 1230. The molecule has 1 aliphatic heterocycles. The van der Waals surface area contributed by atoms with Crippen molar-refractivity contribution in [1.29, 1.82) is 0 Å². The molecule has 2 fully saturated rings. The molecular weight excluding hydrogens is 452 g/mol. The highest BCUT2D eigenvalue weighted by Crippen LogP contribution is 2.35. The summed E-state index contributed by atoms with van der Waals surface area (Å²) in [5, 5.41) is 6.98. The van der Waals surface area contributed by atoms with Gasteiger partial charge in [0, 0.05) is 43.4 Å². The average Bonchev–Trinajstić information content (AvgIpc) is 3.51. The summed E-state index contributed by atoms with van der Waals surface area (Å²) in [6, 6.07) is 7.33. The lowest BCUT2D eigenvalue weighted by Gasteiger charge is -2.28. The van der Waals surface area contributed by atoms with Crippen molar-refractivity contribution in [3.8, 4) is 0 Å². The number of piperidine rings is 1. The lowest BCUT2D eigenvalue weighted by atomic mass is 10.1. The molecule has 2 amide bonds. The van der Waals surface area contributed by atoms with Crippen molar-refractivity contribution in [1.82, 2.24) is 24.8 Å². The molecular formula is C25H29ClN6O2. The van der Waals surface area contributed by atoms with Crippen molar-refractivity contribution < 1.29 is 9.59 Å². The molecule has 0 bridgehead atoms. The second kappa shape index (κ2) is 9.62. The van der Waals surface area contributed by atoms with E-state index in [-0.39, 0.29) is 17.9 Å². The highest BCUT2D eigenvalue weighted by molar-refractivity contribution is 6.34. The number of carbonyl (C=O) groups excluding carboxylic acids is 2. The SMILES string of the molecule is CNC(=O)c1ccc(Nc2ncc3cc(C(=O)N4CCCCC4)n(C4CCCC4)c3n2)cc1Cl. The van der Waals surface area contributed by atoms with Crippen LogP contribution in [0.15, 0.2) is 30.5 Å². The fourth-order valence-electron chi connectivity index (χ4n) is 5.06. The first-order valence-electron chi connectivity index (χ1n) is 12.0. The summed E-state index contributed by atoms with van der Waals surface area (Å²) < 4.78 is 2.15. The van der Waals surface area contributed by atoms with Gasteiger partial charge >= 0.3 is 0 Å². The molecule has 2 N–H and O–H groups in total. The van der Waals surface area contributed by atoms with Crippen LogP contribution in [0.4, 0.5) is 11.6 Å². The van der Waals surface area contributed by atoms with Gasteiger partial charge in [-0.3, -0.25) is 9.59 Å². The van der Waals surface area contributed by atoms with Gasteiger partial charge in [0.15, 0.2) is 0 Å². The van der Waals surface area contributed by atoms with E-state index in [1.807, 2.05) is 11.0 Å². The summed E-state index contributed by atoms with van der Waals surface area (Å²) in [5.74, 6) is 0.274. The third-order valence-electron chi connectivity index (χ3n) is 6.83.